The predicted octanol–water partition coefficient (Wildman–Crippen LogP) is 1.85. The first-order valence-electron chi connectivity index (χ1n) is 5.48. The molecule has 0 atom stereocenters. The summed E-state index contributed by atoms with van der Waals surface area (Å²) >= 11 is 0. The highest BCUT2D eigenvalue weighted by atomic mass is 16.5. The summed E-state index contributed by atoms with van der Waals surface area (Å²) in [5.74, 6) is 0.834. The Morgan fingerprint density at radius 1 is 1.18 bits per heavy atom. The Morgan fingerprint density at radius 3 is 2.47 bits per heavy atom. The first-order valence-corrected chi connectivity index (χ1v) is 5.48. The quantitative estimate of drug-likeness (QED) is 0.808. The molecule has 2 rings (SSSR count). The predicted molar refractivity (Wildman–Crippen MR) is 66.1 cm³/mol. The molecule has 0 amide bonds. The first-order chi connectivity index (χ1) is 8.20. The van der Waals surface area contributed by atoms with Crippen molar-refractivity contribution in [2.24, 2.45) is 7.05 Å². The van der Waals surface area contributed by atoms with Crippen LogP contribution in [0.4, 0.5) is 0 Å². The zero-order chi connectivity index (χ0) is 12.3. The van der Waals surface area contributed by atoms with Crippen LogP contribution in [0, 0.1) is 0 Å². The van der Waals surface area contributed by atoms with Crippen LogP contribution in [0.1, 0.15) is 6.92 Å². The molecule has 0 unspecified atom stereocenters. The van der Waals surface area contributed by atoms with Crippen LogP contribution in [0.2, 0.25) is 0 Å². The van der Waals surface area contributed by atoms with Crippen molar-refractivity contribution in [1.82, 2.24) is 9.78 Å². The Hall–Kier alpha value is -2.10. The molecule has 1 heterocycles. The van der Waals surface area contributed by atoms with Gasteiger partial charge in [0.25, 0.3) is 5.56 Å². The van der Waals surface area contributed by atoms with E-state index >= 15 is 0 Å². The zero-order valence-electron chi connectivity index (χ0n) is 9.88. The van der Waals surface area contributed by atoms with Gasteiger partial charge >= 0.3 is 0 Å². The SMILES string of the molecule is CCOc1ccc(-c2ccc(=O)n(C)n2)cc1. The molecule has 2 aromatic rings. The summed E-state index contributed by atoms with van der Waals surface area (Å²) < 4.78 is 6.69. The second-order valence-corrected chi connectivity index (χ2v) is 3.64. The molecule has 0 aliphatic rings. The molecule has 4 heteroatoms. The van der Waals surface area contributed by atoms with E-state index in [1.54, 1.807) is 13.1 Å². The van der Waals surface area contributed by atoms with Gasteiger partial charge in [0.1, 0.15) is 5.75 Å². The molecule has 0 radical (unpaired) electrons. The summed E-state index contributed by atoms with van der Waals surface area (Å²) in [6.07, 6.45) is 0. The molecule has 0 aliphatic heterocycles. The van der Waals surface area contributed by atoms with E-state index in [0.717, 1.165) is 17.0 Å². The molecule has 0 saturated heterocycles. The van der Waals surface area contributed by atoms with Gasteiger partial charge in [-0.2, -0.15) is 5.10 Å². The number of ether oxygens (including phenoxy) is 1. The molecule has 88 valence electrons. The Morgan fingerprint density at radius 2 is 1.88 bits per heavy atom. The summed E-state index contributed by atoms with van der Waals surface area (Å²) in [4.78, 5) is 11.2. The molecule has 0 fully saturated rings. The third-order valence-corrected chi connectivity index (χ3v) is 2.42. The van der Waals surface area contributed by atoms with Gasteiger partial charge < -0.3 is 4.74 Å². The lowest BCUT2D eigenvalue weighted by Crippen LogP contribution is -2.18. The topological polar surface area (TPSA) is 44.1 Å². The summed E-state index contributed by atoms with van der Waals surface area (Å²) in [7, 11) is 1.64. The fourth-order valence-electron chi connectivity index (χ4n) is 1.54. The lowest BCUT2D eigenvalue weighted by molar-refractivity contribution is 0.340. The lowest BCUT2D eigenvalue weighted by atomic mass is 10.1. The highest BCUT2D eigenvalue weighted by molar-refractivity contribution is 5.59. The van der Waals surface area contributed by atoms with Gasteiger partial charge in [0.05, 0.1) is 12.3 Å². The molecule has 17 heavy (non-hydrogen) atoms. The minimum absolute atomic E-state index is 0.111. The molecule has 0 N–H and O–H groups in total. The van der Waals surface area contributed by atoms with Crippen molar-refractivity contribution in [2.45, 2.75) is 6.92 Å². The number of nitrogens with zero attached hydrogens (tertiary/aromatic N) is 2. The average molecular weight is 230 g/mol. The second-order valence-electron chi connectivity index (χ2n) is 3.64. The van der Waals surface area contributed by atoms with E-state index in [-0.39, 0.29) is 5.56 Å². The Balaban J connectivity index is 2.33. The summed E-state index contributed by atoms with van der Waals surface area (Å²) in [6.45, 7) is 2.60. The fourth-order valence-corrected chi connectivity index (χ4v) is 1.54. The van der Waals surface area contributed by atoms with E-state index < -0.39 is 0 Å². The molecule has 0 aliphatic carbocycles. The van der Waals surface area contributed by atoms with Crippen LogP contribution in [0.15, 0.2) is 41.2 Å². The number of hydrogen-bond donors (Lipinski definition) is 0. The van der Waals surface area contributed by atoms with E-state index in [1.165, 1.54) is 10.7 Å². The standard InChI is InChI=1S/C13H14N2O2/c1-3-17-11-6-4-10(5-7-11)12-8-9-13(16)15(2)14-12/h4-9H,3H2,1-2H3. The van der Waals surface area contributed by atoms with Gasteiger partial charge in [0, 0.05) is 18.7 Å². The van der Waals surface area contributed by atoms with Gasteiger partial charge in [0.15, 0.2) is 0 Å². The zero-order valence-corrected chi connectivity index (χ0v) is 9.88. The van der Waals surface area contributed by atoms with Crippen LogP contribution in [-0.4, -0.2) is 16.4 Å². The van der Waals surface area contributed by atoms with Crippen molar-refractivity contribution in [3.05, 3.63) is 46.8 Å². The molecular formula is C13H14N2O2. The van der Waals surface area contributed by atoms with Crippen molar-refractivity contribution in [2.75, 3.05) is 6.61 Å². The van der Waals surface area contributed by atoms with Crippen LogP contribution < -0.4 is 10.3 Å². The van der Waals surface area contributed by atoms with Crippen molar-refractivity contribution < 1.29 is 4.74 Å². The van der Waals surface area contributed by atoms with Crippen molar-refractivity contribution in [1.29, 1.82) is 0 Å². The third kappa shape index (κ3) is 2.53. The highest BCUT2D eigenvalue weighted by Gasteiger charge is 2.01. The van der Waals surface area contributed by atoms with Crippen molar-refractivity contribution >= 4 is 0 Å². The van der Waals surface area contributed by atoms with Gasteiger partial charge in [0.2, 0.25) is 0 Å². The van der Waals surface area contributed by atoms with E-state index in [2.05, 4.69) is 5.10 Å². The van der Waals surface area contributed by atoms with Crippen LogP contribution in [-0.2, 0) is 7.05 Å². The summed E-state index contributed by atoms with van der Waals surface area (Å²) in [6, 6.07) is 10.9. The molecule has 0 saturated carbocycles. The Kier molecular flexibility index (Phi) is 3.23. The van der Waals surface area contributed by atoms with Gasteiger partial charge in [-0.3, -0.25) is 4.79 Å². The Bertz CT molecular complexity index is 558. The summed E-state index contributed by atoms with van der Waals surface area (Å²) in [5.41, 5.74) is 1.62. The van der Waals surface area contributed by atoms with Gasteiger partial charge in [-0.1, -0.05) is 0 Å². The average Bonchev–Trinajstić information content (AvgIpc) is 2.34. The van der Waals surface area contributed by atoms with Gasteiger partial charge in [-0.25, -0.2) is 4.68 Å². The molecule has 0 spiro atoms. The van der Waals surface area contributed by atoms with Crippen molar-refractivity contribution in [3.8, 4) is 17.0 Å². The van der Waals surface area contributed by atoms with E-state index in [0.29, 0.717) is 6.61 Å². The van der Waals surface area contributed by atoms with Crippen LogP contribution in [0.5, 0.6) is 5.75 Å². The molecule has 1 aromatic heterocycles. The number of benzene rings is 1. The first kappa shape index (κ1) is 11.4. The van der Waals surface area contributed by atoms with Crippen LogP contribution in [0.3, 0.4) is 0 Å². The second kappa shape index (κ2) is 4.82. The normalized spacial score (nSPS) is 10.2. The maximum Gasteiger partial charge on any atom is 0.266 e. The minimum Gasteiger partial charge on any atom is -0.494 e. The minimum atomic E-state index is -0.111. The molecule has 0 bridgehead atoms. The fraction of sp³-hybridized carbons (Fsp3) is 0.231. The number of hydrogen-bond acceptors (Lipinski definition) is 3. The molecular weight excluding hydrogens is 216 g/mol. The van der Waals surface area contributed by atoms with Crippen LogP contribution in [0.25, 0.3) is 11.3 Å². The number of aryl methyl sites for hydroxylation is 1. The summed E-state index contributed by atoms with van der Waals surface area (Å²) in [5, 5.41) is 4.18. The maximum absolute atomic E-state index is 11.2. The van der Waals surface area contributed by atoms with E-state index in [1.807, 2.05) is 31.2 Å². The molecule has 4 nitrogen and oxygen atoms in total. The van der Waals surface area contributed by atoms with Crippen molar-refractivity contribution in [3.63, 3.8) is 0 Å². The van der Waals surface area contributed by atoms with Gasteiger partial charge in [-0.05, 0) is 37.3 Å². The Labute approximate surface area is 99.5 Å². The van der Waals surface area contributed by atoms with Crippen LogP contribution >= 0.6 is 0 Å². The third-order valence-electron chi connectivity index (χ3n) is 2.42. The smallest absolute Gasteiger partial charge is 0.266 e. The lowest BCUT2D eigenvalue weighted by Gasteiger charge is -2.05. The van der Waals surface area contributed by atoms with E-state index in [9.17, 15) is 4.79 Å². The largest absolute Gasteiger partial charge is 0.494 e. The number of aromatic nitrogens is 2. The van der Waals surface area contributed by atoms with E-state index in [4.69, 9.17) is 4.74 Å². The monoisotopic (exact) mass is 230 g/mol. The van der Waals surface area contributed by atoms with Gasteiger partial charge in [-0.15, -0.1) is 0 Å². The highest BCUT2D eigenvalue weighted by Crippen LogP contribution is 2.19. The number of rotatable bonds is 3. The maximum atomic E-state index is 11.2. The molecule has 1 aromatic carbocycles.